The molecule has 1 spiro atoms. The molecule has 6 rings (SSSR count). The minimum absolute atomic E-state index is 0.0816. The maximum absolute atomic E-state index is 15.3. The van der Waals surface area contributed by atoms with E-state index < -0.39 is 11.6 Å². The molecule has 3 aromatic rings. The van der Waals surface area contributed by atoms with Crippen LogP contribution in [0, 0.1) is 28.4 Å². The highest BCUT2D eigenvalue weighted by atomic mass is 19.2. The van der Waals surface area contributed by atoms with E-state index in [0.717, 1.165) is 42.7 Å². The minimum Gasteiger partial charge on any atom is -0.388 e. The zero-order valence-corrected chi connectivity index (χ0v) is 18.1. The van der Waals surface area contributed by atoms with Gasteiger partial charge in [0, 0.05) is 90.6 Å². The largest absolute Gasteiger partial charge is 0.388 e. The summed E-state index contributed by atoms with van der Waals surface area (Å²) < 4.78 is 29.9. The highest BCUT2D eigenvalue weighted by Crippen LogP contribution is 2.55. The van der Waals surface area contributed by atoms with Gasteiger partial charge in [-0.1, -0.05) is 0 Å². The average Bonchev–Trinajstić information content (AvgIpc) is 3.19. The summed E-state index contributed by atoms with van der Waals surface area (Å²) in [5.41, 5.74) is 12.0. The lowest BCUT2D eigenvalue weighted by atomic mass is 9.59. The van der Waals surface area contributed by atoms with Crippen molar-refractivity contribution in [1.82, 2.24) is 9.97 Å². The Balaban J connectivity index is 1.59. The maximum Gasteiger partial charge on any atom is 0.167 e. The normalized spacial score (nSPS) is 19.4. The average molecular weight is 444 g/mol. The van der Waals surface area contributed by atoms with Crippen molar-refractivity contribution in [2.24, 2.45) is 11.1 Å². The van der Waals surface area contributed by atoms with Crippen molar-refractivity contribution in [3.8, 4) is 28.3 Å². The summed E-state index contributed by atoms with van der Waals surface area (Å²) in [5, 5.41) is 12.4. The van der Waals surface area contributed by atoms with Gasteiger partial charge in [0.15, 0.2) is 11.6 Å². The Morgan fingerprint density at radius 3 is 2.70 bits per heavy atom. The van der Waals surface area contributed by atoms with Gasteiger partial charge in [-0.15, -0.1) is 0 Å². The standard InChI is InChI=1S/C25H22F2N6/c1-30-18-6-17(26)23(27)21-15(18)5-19-22(21)24(33-11-25(12-33)3-2-20(25)29)16(10-32-19)14-4-13(7-28)8-31-9-14/h4,6,8-10,20,30H,2-3,5,11-12,29H2,1H3. The second kappa shape index (κ2) is 6.96. The second-order valence-electron chi connectivity index (χ2n) is 9.28. The summed E-state index contributed by atoms with van der Waals surface area (Å²) in [4.78, 5) is 11.1. The SMILES string of the molecule is CNc1cc(F)c(F)c2c1Cc1ncc(-c3cncc(C#N)c3)c(N3CC4(CCC4N)C3)c1-2. The van der Waals surface area contributed by atoms with Gasteiger partial charge in [-0.3, -0.25) is 9.97 Å². The van der Waals surface area contributed by atoms with Gasteiger partial charge >= 0.3 is 0 Å². The number of benzene rings is 1. The summed E-state index contributed by atoms with van der Waals surface area (Å²) in [6.45, 7) is 1.52. The van der Waals surface area contributed by atoms with Gasteiger partial charge in [-0.05, 0) is 24.5 Å². The number of pyridine rings is 2. The van der Waals surface area contributed by atoms with E-state index in [1.54, 1.807) is 25.5 Å². The van der Waals surface area contributed by atoms with Crippen LogP contribution in [0.3, 0.4) is 0 Å². The van der Waals surface area contributed by atoms with Crippen molar-refractivity contribution in [1.29, 1.82) is 5.26 Å². The number of hydrogen-bond donors (Lipinski definition) is 2. The highest BCUT2D eigenvalue weighted by Gasteiger charge is 2.54. The van der Waals surface area contributed by atoms with E-state index in [1.807, 2.05) is 0 Å². The molecule has 3 heterocycles. The third-order valence-corrected chi connectivity index (χ3v) is 7.57. The van der Waals surface area contributed by atoms with Crippen LogP contribution in [0.5, 0.6) is 0 Å². The van der Waals surface area contributed by atoms with Gasteiger partial charge in [0.1, 0.15) is 6.07 Å². The van der Waals surface area contributed by atoms with Crippen LogP contribution >= 0.6 is 0 Å². The Morgan fingerprint density at radius 2 is 2.03 bits per heavy atom. The number of nitrogens with one attached hydrogen (secondary N) is 1. The number of nitriles is 1. The minimum atomic E-state index is -0.892. The van der Waals surface area contributed by atoms with Crippen LogP contribution in [-0.2, 0) is 6.42 Å². The Bertz CT molecular complexity index is 1360. The lowest BCUT2D eigenvalue weighted by Crippen LogP contribution is -2.69. The molecule has 0 bridgehead atoms. The number of nitrogens with zero attached hydrogens (tertiary/aromatic N) is 4. The number of hydrogen-bond acceptors (Lipinski definition) is 6. The van der Waals surface area contributed by atoms with E-state index in [0.29, 0.717) is 34.5 Å². The number of halogens is 2. The van der Waals surface area contributed by atoms with E-state index in [2.05, 4.69) is 26.3 Å². The van der Waals surface area contributed by atoms with Crippen molar-refractivity contribution < 1.29 is 8.78 Å². The van der Waals surface area contributed by atoms with Gasteiger partial charge < -0.3 is 16.0 Å². The van der Waals surface area contributed by atoms with Gasteiger partial charge in [-0.2, -0.15) is 5.26 Å². The van der Waals surface area contributed by atoms with Crippen molar-refractivity contribution >= 4 is 11.4 Å². The molecule has 8 heteroatoms. The fourth-order valence-corrected chi connectivity index (χ4v) is 5.61. The number of rotatable bonds is 3. The van der Waals surface area contributed by atoms with Crippen molar-refractivity contribution in [2.75, 3.05) is 30.4 Å². The summed E-state index contributed by atoms with van der Waals surface area (Å²) in [7, 11) is 1.70. The van der Waals surface area contributed by atoms with Crippen LogP contribution in [0.2, 0.25) is 0 Å². The van der Waals surface area contributed by atoms with E-state index in [1.165, 1.54) is 12.3 Å². The lowest BCUT2D eigenvalue weighted by Gasteiger charge is -2.61. The molecule has 3 aliphatic rings. The Kier molecular flexibility index (Phi) is 4.23. The molecular formula is C25H22F2N6. The van der Waals surface area contributed by atoms with E-state index in [4.69, 9.17) is 5.73 Å². The van der Waals surface area contributed by atoms with Crippen molar-refractivity contribution in [3.05, 3.63) is 59.2 Å². The summed E-state index contributed by atoms with van der Waals surface area (Å²) >= 11 is 0. The molecule has 33 heavy (non-hydrogen) atoms. The molecule has 166 valence electrons. The maximum atomic E-state index is 15.3. The Hall–Kier alpha value is -3.57. The van der Waals surface area contributed by atoms with E-state index in [-0.39, 0.29) is 17.0 Å². The summed E-state index contributed by atoms with van der Waals surface area (Å²) in [6.07, 6.45) is 7.44. The van der Waals surface area contributed by atoms with Crippen LogP contribution in [-0.4, -0.2) is 36.1 Å². The molecule has 0 radical (unpaired) electrons. The Morgan fingerprint density at radius 1 is 1.21 bits per heavy atom. The third kappa shape index (κ3) is 2.72. The molecule has 1 unspecified atom stereocenters. The predicted octanol–water partition coefficient (Wildman–Crippen LogP) is 3.83. The Labute approximate surface area is 190 Å². The number of aromatic nitrogens is 2. The predicted molar refractivity (Wildman–Crippen MR) is 122 cm³/mol. The molecule has 2 aliphatic carbocycles. The number of fused-ring (bicyclic) bond motifs is 3. The summed E-state index contributed by atoms with van der Waals surface area (Å²) in [6, 6.07) is 5.23. The topological polar surface area (TPSA) is 90.9 Å². The third-order valence-electron chi connectivity index (χ3n) is 7.57. The molecule has 2 aromatic heterocycles. The monoisotopic (exact) mass is 444 g/mol. The summed E-state index contributed by atoms with van der Waals surface area (Å²) in [5.74, 6) is -1.75. The van der Waals surface area contributed by atoms with E-state index >= 15 is 4.39 Å². The first-order valence-corrected chi connectivity index (χ1v) is 11.0. The van der Waals surface area contributed by atoms with Gasteiger partial charge in [0.2, 0.25) is 0 Å². The first kappa shape index (κ1) is 20.1. The molecule has 1 atom stereocenters. The molecule has 1 aliphatic heterocycles. The smallest absolute Gasteiger partial charge is 0.167 e. The fourth-order valence-electron chi connectivity index (χ4n) is 5.61. The number of anilines is 2. The molecule has 3 N–H and O–H groups in total. The second-order valence-corrected chi connectivity index (χ2v) is 9.28. The van der Waals surface area contributed by atoms with Crippen molar-refractivity contribution in [2.45, 2.75) is 25.3 Å². The molecule has 6 nitrogen and oxygen atoms in total. The van der Waals surface area contributed by atoms with Crippen LogP contribution in [0.15, 0.2) is 30.7 Å². The number of nitrogens with two attached hydrogens (primary N) is 1. The van der Waals surface area contributed by atoms with Crippen LogP contribution < -0.4 is 16.0 Å². The molecule has 1 aromatic carbocycles. The van der Waals surface area contributed by atoms with Crippen LogP contribution in [0.1, 0.15) is 29.7 Å². The van der Waals surface area contributed by atoms with Gasteiger partial charge in [-0.25, -0.2) is 8.78 Å². The molecule has 2 fully saturated rings. The molecule has 1 saturated carbocycles. The zero-order valence-electron chi connectivity index (χ0n) is 18.1. The van der Waals surface area contributed by atoms with E-state index in [9.17, 15) is 9.65 Å². The quantitative estimate of drug-likeness (QED) is 0.499. The fraction of sp³-hybridized carbons (Fsp3) is 0.320. The van der Waals surface area contributed by atoms with Gasteiger partial charge in [0.25, 0.3) is 0 Å². The molecular weight excluding hydrogens is 422 g/mol. The molecule has 1 saturated heterocycles. The molecule has 0 amide bonds. The first-order chi connectivity index (χ1) is 16.0. The first-order valence-electron chi connectivity index (χ1n) is 11.0. The zero-order chi connectivity index (χ0) is 22.9. The van der Waals surface area contributed by atoms with Crippen molar-refractivity contribution in [3.63, 3.8) is 0 Å². The van der Waals surface area contributed by atoms with Crippen LogP contribution in [0.25, 0.3) is 22.3 Å². The lowest BCUT2D eigenvalue weighted by molar-refractivity contribution is 0.0566. The van der Waals surface area contributed by atoms with Gasteiger partial charge in [0.05, 0.1) is 16.9 Å². The van der Waals surface area contributed by atoms with Crippen LogP contribution in [0.4, 0.5) is 20.2 Å². The highest BCUT2D eigenvalue weighted by molar-refractivity contribution is 5.97.